The number of aromatic nitrogens is 2. The van der Waals surface area contributed by atoms with Gasteiger partial charge in [-0.05, 0) is 30.7 Å². The van der Waals surface area contributed by atoms with Crippen molar-refractivity contribution in [3.63, 3.8) is 0 Å². The lowest BCUT2D eigenvalue weighted by molar-refractivity contribution is 0.102. The van der Waals surface area contributed by atoms with Crippen molar-refractivity contribution >= 4 is 27.5 Å². The molecule has 0 fully saturated rings. The van der Waals surface area contributed by atoms with E-state index in [1.54, 1.807) is 6.07 Å². The summed E-state index contributed by atoms with van der Waals surface area (Å²) in [6, 6.07) is 5.47. The van der Waals surface area contributed by atoms with Crippen LogP contribution in [0.15, 0.2) is 33.7 Å². The number of carbonyl (C=O) groups is 1. The van der Waals surface area contributed by atoms with E-state index < -0.39 is 5.69 Å². The summed E-state index contributed by atoms with van der Waals surface area (Å²) in [5.41, 5.74) is 1.50. The normalized spacial score (nSPS) is 10.2. The summed E-state index contributed by atoms with van der Waals surface area (Å²) in [5.74, 6) is -0.356. The van der Waals surface area contributed by atoms with Crippen molar-refractivity contribution in [2.45, 2.75) is 6.92 Å². The molecule has 17 heavy (non-hydrogen) atoms. The van der Waals surface area contributed by atoms with Gasteiger partial charge < -0.3 is 15.3 Å². The first-order valence-electron chi connectivity index (χ1n) is 4.91. The van der Waals surface area contributed by atoms with Crippen molar-refractivity contribution in [3.8, 4) is 0 Å². The van der Waals surface area contributed by atoms with E-state index >= 15 is 0 Å². The fourth-order valence-corrected chi connectivity index (χ4v) is 1.62. The van der Waals surface area contributed by atoms with Gasteiger partial charge in [-0.3, -0.25) is 4.79 Å². The predicted molar refractivity (Wildman–Crippen MR) is 68.2 cm³/mol. The van der Waals surface area contributed by atoms with Crippen LogP contribution in [0.1, 0.15) is 16.1 Å². The zero-order valence-electron chi connectivity index (χ0n) is 9.00. The number of H-pyrrole nitrogens is 2. The molecule has 1 amide bonds. The topological polar surface area (TPSA) is 77.8 Å². The molecule has 0 aliphatic rings. The largest absolute Gasteiger partial charge is 0.323 e. The molecule has 2 rings (SSSR count). The molecule has 3 N–H and O–H groups in total. The summed E-state index contributed by atoms with van der Waals surface area (Å²) in [4.78, 5) is 27.3. The lowest BCUT2D eigenvalue weighted by Gasteiger charge is -2.05. The summed E-state index contributed by atoms with van der Waals surface area (Å²) in [7, 11) is 0. The number of anilines is 1. The van der Waals surface area contributed by atoms with Gasteiger partial charge in [0.1, 0.15) is 5.69 Å². The average molecular weight is 296 g/mol. The molecule has 0 aliphatic carbocycles. The Hall–Kier alpha value is -1.82. The molecule has 0 spiro atoms. The predicted octanol–water partition coefficient (Wildman–Crippen LogP) is 2.03. The van der Waals surface area contributed by atoms with Crippen molar-refractivity contribution in [2.75, 3.05) is 5.32 Å². The monoisotopic (exact) mass is 295 g/mol. The first-order valence-corrected chi connectivity index (χ1v) is 5.71. The van der Waals surface area contributed by atoms with Gasteiger partial charge in [0, 0.05) is 16.4 Å². The highest BCUT2D eigenvalue weighted by atomic mass is 79.9. The zero-order valence-corrected chi connectivity index (χ0v) is 10.6. The van der Waals surface area contributed by atoms with Crippen molar-refractivity contribution in [2.24, 2.45) is 0 Å². The highest BCUT2D eigenvalue weighted by Gasteiger charge is 2.08. The standard InChI is InChI=1S/C11H10BrN3O2/c1-6-4-7(2-3-8(6)12)14-10(16)9-5-13-11(17)15-9/h2-5H,1H3,(H,14,16)(H2,13,15,17). The van der Waals surface area contributed by atoms with Gasteiger partial charge in [0.05, 0.1) is 0 Å². The molecule has 0 atom stereocenters. The first-order chi connectivity index (χ1) is 8.06. The molecule has 1 heterocycles. The van der Waals surface area contributed by atoms with Crippen molar-refractivity contribution in [3.05, 3.63) is 50.6 Å². The number of hydrogen-bond donors (Lipinski definition) is 3. The number of aryl methyl sites for hydroxylation is 1. The highest BCUT2D eigenvalue weighted by Crippen LogP contribution is 2.20. The molecule has 0 saturated carbocycles. The number of carbonyl (C=O) groups excluding carboxylic acids is 1. The van der Waals surface area contributed by atoms with Crippen LogP contribution in [0.5, 0.6) is 0 Å². The Kier molecular flexibility index (Phi) is 3.14. The lowest BCUT2D eigenvalue weighted by Crippen LogP contribution is -2.14. The number of aromatic amines is 2. The number of hydrogen-bond acceptors (Lipinski definition) is 2. The third kappa shape index (κ3) is 2.65. The molecule has 6 heteroatoms. The Bertz CT molecular complexity index is 615. The second-order valence-electron chi connectivity index (χ2n) is 3.57. The summed E-state index contributed by atoms with van der Waals surface area (Å²) in [6.07, 6.45) is 1.34. The van der Waals surface area contributed by atoms with Crippen molar-refractivity contribution in [1.82, 2.24) is 9.97 Å². The Morgan fingerprint density at radius 3 is 2.76 bits per heavy atom. The Balaban J connectivity index is 2.18. The van der Waals surface area contributed by atoms with E-state index in [1.807, 2.05) is 19.1 Å². The molecule has 88 valence electrons. The molecular formula is C11H10BrN3O2. The van der Waals surface area contributed by atoms with Gasteiger partial charge in [0.25, 0.3) is 5.91 Å². The third-order valence-electron chi connectivity index (χ3n) is 2.26. The number of imidazole rings is 1. The van der Waals surface area contributed by atoms with Gasteiger partial charge in [-0.15, -0.1) is 0 Å². The van der Waals surface area contributed by atoms with E-state index in [0.29, 0.717) is 5.69 Å². The maximum absolute atomic E-state index is 11.7. The zero-order chi connectivity index (χ0) is 12.4. The van der Waals surface area contributed by atoms with Crippen LogP contribution in [0, 0.1) is 6.92 Å². The van der Waals surface area contributed by atoms with Crippen LogP contribution in [-0.4, -0.2) is 15.9 Å². The van der Waals surface area contributed by atoms with Gasteiger partial charge in [-0.25, -0.2) is 4.79 Å². The van der Waals surface area contributed by atoms with Gasteiger partial charge in [0.2, 0.25) is 0 Å². The third-order valence-corrected chi connectivity index (χ3v) is 3.15. The fourth-order valence-electron chi connectivity index (χ4n) is 1.38. The smallest absolute Gasteiger partial charge is 0.321 e. The van der Waals surface area contributed by atoms with E-state index in [0.717, 1.165) is 10.0 Å². The van der Waals surface area contributed by atoms with E-state index in [4.69, 9.17) is 0 Å². The molecular weight excluding hydrogens is 286 g/mol. The molecule has 0 aliphatic heterocycles. The molecule has 5 nitrogen and oxygen atoms in total. The molecule has 0 unspecified atom stereocenters. The quantitative estimate of drug-likeness (QED) is 0.793. The maximum Gasteiger partial charge on any atom is 0.323 e. The van der Waals surface area contributed by atoms with Crippen LogP contribution >= 0.6 is 15.9 Å². The first kappa shape index (κ1) is 11.7. The summed E-state index contributed by atoms with van der Waals surface area (Å²) in [5, 5.41) is 2.69. The van der Waals surface area contributed by atoms with Gasteiger partial charge >= 0.3 is 5.69 Å². The average Bonchev–Trinajstić information content (AvgIpc) is 2.70. The van der Waals surface area contributed by atoms with E-state index in [9.17, 15) is 9.59 Å². The van der Waals surface area contributed by atoms with Gasteiger partial charge in [-0.2, -0.15) is 0 Å². The second-order valence-corrected chi connectivity index (χ2v) is 4.43. The number of rotatable bonds is 2. The minimum absolute atomic E-state index is 0.204. The van der Waals surface area contributed by atoms with Crippen LogP contribution in [-0.2, 0) is 0 Å². The molecule has 0 bridgehead atoms. The van der Waals surface area contributed by atoms with Crippen LogP contribution < -0.4 is 11.0 Å². The molecule has 0 radical (unpaired) electrons. The van der Waals surface area contributed by atoms with E-state index in [2.05, 4.69) is 31.2 Å². The van der Waals surface area contributed by atoms with Gasteiger partial charge in [-0.1, -0.05) is 15.9 Å². The molecule has 1 aromatic carbocycles. The maximum atomic E-state index is 11.7. The summed E-state index contributed by atoms with van der Waals surface area (Å²) in [6.45, 7) is 1.93. The number of benzene rings is 1. The van der Waals surface area contributed by atoms with Gasteiger partial charge in [0.15, 0.2) is 0 Å². The minimum atomic E-state index is -0.401. The summed E-state index contributed by atoms with van der Waals surface area (Å²) < 4.78 is 0.977. The van der Waals surface area contributed by atoms with Crippen molar-refractivity contribution in [1.29, 1.82) is 0 Å². The summed E-state index contributed by atoms with van der Waals surface area (Å²) >= 11 is 3.38. The van der Waals surface area contributed by atoms with Crippen LogP contribution in [0.25, 0.3) is 0 Å². The highest BCUT2D eigenvalue weighted by molar-refractivity contribution is 9.10. The van der Waals surface area contributed by atoms with Crippen LogP contribution in [0.4, 0.5) is 5.69 Å². The second kappa shape index (κ2) is 4.58. The lowest BCUT2D eigenvalue weighted by atomic mass is 10.2. The molecule has 2 aromatic rings. The van der Waals surface area contributed by atoms with E-state index in [1.165, 1.54) is 6.20 Å². The Morgan fingerprint density at radius 1 is 1.41 bits per heavy atom. The van der Waals surface area contributed by atoms with Crippen molar-refractivity contribution < 1.29 is 4.79 Å². The Morgan fingerprint density at radius 2 is 2.18 bits per heavy atom. The Labute approximate surface area is 105 Å². The fraction of sp³-hybridized carbons (Fsp3) is 0.0909. The minimum Gasteiger partial charge on any atom is -0.321 e. The molecule has 1 aromatic heterocycles. The van der Waals surface area contributed by atoms with Crippen LogP contribution in [0.3, 0.4) is 0 Å². The van der Waals surface area contributed by atoms with Crippen LogP contribution in [0.2, 0.25) is 0 Å². The number of amides is 1. The number of nitrogens with one attached hydrogen (secondary N) is 3. The molecule has 0 saturated heterocycles. The number of halogens is 1. The SMILES string of the molecule is Cc1cc(NC(=O)c2c[nH]c(=O)[nH]2)ccc1Br. The van der Waals surface area contributed by atoms with E-state index in [-0.39, 0.29) is 11.6 Å².